The van der Waals surface area contributed by atoms with Crippen molar-refractivity contribution in [2.24, 2.45) is 0 Å². The van der Waals surface area contributed by atoms with Gasteiger partial charge in [-0.25, -0.2) is 0 Å². The summed E-state index contributed by atoms with van der Waals surface area (Å²) >= 11 is 0. The Balaban J connectivity index is 2.43. The number of fused-ring (bicyclic) bond motifs is 1. The molecule has 0 spiro atoms. The van der Waals surface area contributed by atoms with Gasteiger partial charge in [0.15, 0.2) is 11.5 Å². The zero-order valence-corrected chi connectivity index (χ0v) is 9.74. The van der Waals surface area contributed by atoms with Crippen LogP contribution >= 0.6 is 0 Å². The monoisotopic (exact) mass is 221 g/mol. The van der Waals surface area contributed by atoms with Crippen LogP contribution in [0.25, 0.3) is 0 Å². The number of hydrogen-bond donors (Lipinski definition) is 0. The van der Waals surface area contributed by atoms with Crippen LogP contribution in [0.3, 0.4) is 0 Å². The van der Waals surface area contributed by atoms with Gasteiger partial charge in [0.1, 0.15) is 13.2 Å². The minimum atomic E-state index is -0.000206. The molecule has 4 nitrogen and oxygen atoms in total. The maximum absolute atomic E-state index is 11.3. The molecule has 0 saturated heterocycles. The molecule has 16 heavy (non-hydrogen) atoms. The van der Waals surface area contributed by atoms with E-state index in [0.29, 0.717) is 19.0 Å². The Labute approximate surface area is 94.8 Å². The van der Waals surface area contributed by atoms with Gasteiger partial charge in [-0.05, 0) is 18.6 Å². The molecule has 1 aliphatic rings. The summed E-state index contributed by atoms with van der Waals surface area (Å²) in [6.45, 7) is 4.62. The quantitative estimate of drug-likeness (QED) is 0.725. The lowest BCUT2D eigenvalue weighted by molar-refractivity contribution is -0.116. The number of carbonyl (C=O) groups excluding carboxylic acids is 1. The van der Waals surface area contributed by atoms with E-state index < -0.39 is 0 Å². The smallest absolute Gasteiger partial charge is 0.223 e. The zero-order valence-electron chi connectivity index (χ0n) is 9.74. The van der Waals surface area contributed by atoms with Crippen molar-refractivity contribution in [2.45, 2.75) is 13.8 Å². The van der Waals surface area contributed by atoms with Gasteiger partial charge in [-0.15, -0.1) is 0 Å². The second-order valence-corrected chi connectivity index (χ2v) is 3.86. The third-order valence-corrected chi connectivity index (χ3v) is 2.69. The van der Waals surface area contributed by atoms with Gasteiger partial charge in [0.25, 0.3) is 0 Å². The van der Waals surface area contributed by atoms with Crippen LogP contribution in [0, 0.1) is 6.92 Å². The van der Waals surface area contributed by atoms with Crippen LogP contribution < -0.4 is 14.4 Å². The molecule has 0 atom stereocenters. The predicted molar refractivity (Wildman–Crippen MR) is 61.3 cm³/mol. The average molecular weight is 221 g/mol. The molecule has 4 heteroatoms. The van der Waals surface area contributed by atoms with Crippen molar-refractivity contribution < 1.29 is 14.3 Å². The third kappa shape index (κ3) is 1.83. The van der Waals surface area contributed by atoms with Gasteiger partial charge in [0, 0.05) is 20.0 Å². The van der Waals surface area contributed by atoms with E-state index in [-0.39, 0.29) is 5.91 Å². The molecule has 0 saturated carbocycles. The maximum atomic E-state index is 11.3. The number of anilines is 1. The number of nitrogens with zero attached hydrogens (tertiary/aromatic N) is 1. The Bertz CT molecular complexity index is 429. The maximum Gasteiger partial charge on any atom is 0.223 e. The Morgan fingerprint density at radius 3 is 2.38 bits per heavy atom. The number of aryl methyl sites for hydroxylation is 1. The van der Waals surface area contributed by atoms with Crippen molar-refractivity contribution in [3.63, 3.8) is 0 Å². The molecule has 1 aromatic rings. The molecule has 0 aliphatic carbocycles. The lowest BCUT2D eigenvalue weighted by Gasteiger charge is -2.23. The number of benzene rings is 1. The minimum Gasteiger partial charge on any atom is -0.486 e. The van der Waals surface area contributed by atoms with Gasteiger partial charge in [-0.1, -0.05) is 0 Å². The van der Waals surface area contributed by atoms with E-state index in [0.717, 1.165) is 17.0 Å². The average Bonchev–Trinajstić information content (AvgIpc) is 2.27. The van der Waals surface area contributed by atoms with E-state index in [1.807, 2.05) is 19.1 Å². The Kier molecular flexibility index (Phi) is 2.73. The van der Waals surface area contributed by atoms with Crippen LogP contribution in [-0.4, -0.2) is 26.2 Å². The summed E-state index contributed by atoms with van der Waals surface area (Å²) in [6, 6.07) is 3.76. The first-order valence-electron chi connectivity index (χ1n) is 5.24. The summed E-state index contributed by atoms with van der Waals surface area (Å²) < 4.78 is 11.0. The number of amides is 1. The molecular formula is C12H15NO3. The number of rotatable bonds is 1. The second kappa shape index (κ2) is 4.04. The van der Waals surface area contributed by atoms with Crippen molar-refractivity contribution in [3.05, 3.63) is 17.7 Å². The standard InChI is InChI=1S/C12H15NO3/c1-8-6-11-12(16-5-4-15-11)7-10(8)13(3)9(2)14/h6-7H,4-5H2,1-3H3. The predicted octanol–water partition coefficient (Wildman–Crippen LogP) is 1.75. The van der Waals surface area contributed by atoms with Crippen molar-refractivity contribution >= 4 is 11.6 Å². The molecular weight excluding hydrogens is 206 g/mol. The van der Waals surface area contributed by atoms with Crippen LogP contribution in [0.4, 0.5) is 5.69 Å². The van der Waals surface area contributed by atoms with Crippen molar-refractivity contribution in [3.8, 4) is 11.5 Å². The zero-order chi connectivity index (χ0) is 11.7. The van der Waals surface area contributed by atoms with Gasteiger partial charge in [-0.2, -0.15) is 0 Å². The highest BCUT2D eigenvalue weighted by Crippen LogP contribution is 2.36. The fourth-order valence-corrected chi connectivity index (χ4v) is 1.71. The summed E-state index contributed by atoms with van der Waals surface area (Å²) in [7, 11) is 1.75. The van der Waals surface area contributed by atoms with E-state index in [1.165, 1.54) is 6.92 Å². The highest BCUT2D eigenvalue weighted by atomic mass is 16.6. The highest BCUT2D eigenvalue weighted by Gasteiger charge is 2.17. The van der Waals surface area contributed by atoms with Crippen molar-refractivity contribution in [1.29, 1.82) is 0 Å². The molecule has 86 valence electrons. The number of hydrogen-bond acceptors (Lipinski definition) is 3. The summed E-state index contributed by atoms with van der Waals surface area (Å²) in [4.78, 5) is 12.9. The number of carbonyl (C=O) groups is 1. The normalized spacial score (nSPS) is 13.4. The SMILES string of the molecule is CC(=O)N(C)c1cc2c(cc1C)OCCO2. The minimum absolute atomic E-state index is 0.000206. The third-order valence-electron chi connectivity index (χ3n) is 2.69. The van der Waals surface area contributed by atoms with E-state index in [4.69, 9.17) is 9.47 Å². The fraction of sp³-hybridized carbons (Fsp3) is 0.417. The van der Waals surface area contributed by atoms with E-state index >= 15 is 0 Å². The fourth-order valence-electron chi connectivity index (χ4n) is 1.71. The topological polar surface area (TPSA) is 38.8 Å². The van der Waals surface area contributed by atoms with Crippen LogP contribution in [0.5, 0.6) is 11.5 Å². The molecule has 0 unspecified atom stereocenters. The molecule has 0 bridgehead atoms. The molecule has 0 fully saturated rings. The molecule has 1 heterocycles. The van der Waals surface area contributed by atoms with Crippen LogP contribution in [0.15, 0.2) is 12.1 Å². The van der Waals surface area contributed by atoms with Gasteiger partial charge in [-0.3, -0.25) is 4.79 Å². The largest absolute Gasteiger partial charge is 0.486 e. The van der Waals surface area contributed by atoms with Gasteiger partial charge < -0.3 is 14.4 Å². The van der Waals surface area contributed by atoms with Gasteiger partial charge >= 0.3 is 0 Å². The van der Waals surface area contributed by atoms with Crippen molar-refractivity contribution in [1.82, 2.24) is 0 Å². The Morgan fingerprint density at radius 1 is 1.25 bits per heavy atom. The van der Waals surface area contributed by atoms with Gasteiger partial charge in [0.2, 0.25) is 5.91 Å². The lowest BCUT2D eigenvalue weighted by Crippen LogP contribution is -2.24. The van der Waals surface area contributed by atoms with E-state index in [9.17, 15) is 4.79 Å². The summed E-state index contributed by atoms with van der Waals surface area (Å²) in [6.07, 6.45) is 0. The summed E-state index contributed by atoms with van der Waals surface area (Å²) in [5, 5.41) is 0. The molecule has 1 amide bonds. The van der Waals surface area contributed by atoms with E-state index in [1.54, 1.807) is 11.9 Å². The molecule has 2 rings (SSSR count). The van der Waals surface area contributed by atoms with Crippen LogP contribution in [0.2, 0.25) is 0 Å². The molecule has 0 aromatic heterocycles. The van der Waals surface area contributed by atoms with Crippen LogP contribution in [-0.2, 0) is 4.79 Å². The first-order valence-corrected chi connectivity index (χ1v) is 5.24. The Hall–Kier alpha value is -1.71. The van der Waals surface area contributed by atoms with Gasteiger partial charge in [0.05, 0.1) is 5.69 Å². The van der Waals surface area contributed by atoms with Crippen LogP contribution in [0.1, 0.15) is 12.5 Å². The second-order valence-electron chi connectivity index (χ2n) is 3.86. The molecule has 1 aromatic carbocycles. The number of ether oxygens (including phenoxy) is 2. The molecule has 0 radical (unpaired) electrons. The lowest BCUT2D eigenvalue weighted by atomic mass is 10.1. The summed E-state index contributed by atoms with van der Waals surface area (Å²) in [5.41, 5.74) is 1.86. The highest BCUT2D eigenvalue weighted by molar-refractivity contribution is 5.92. The van der Waals surface area contributed by atoms with Crippen molar-refractivity contribution in [2.75, 3.05) is 25.2 Å². The first-order chi connectivity index (χ1) is 7.59. The molecule has 1 aliphatic heterocycles. The Morgan fingerprint density at radius 2 is 1.81 bits per heavy atom. The molecule has 0 N–H and O–H groups in total. The first kappa shape index (κ1) is 10.8. The summed E-state index contributed by atoms with van der Waals surface area (Å²) in [5.74, 6) is 1.46. The van der Waals surface area contributed by atoms with E-state index in [2.05, 4.69) is 0 Å².